The first-order valence-corrected chi connectivity index (χ1v) is 7.66. The molecule has 0 aromatic heterocycles. The zero-order valence-corrected chi connectivity index (χ0v) is 13.4. The lowest BCUT2D eigenvalue weighted by atomic mass is 10.0. The second-order valence-electron chi connectivity index (χ2n) is 4.75. The van der Waals surface area contributed by atoms with Gasteiger partial charge in [-0.2, -0.15) is 0 Å². The van der Waals surface area contributed by atoms with Gasteiger partial charge in [0.2, 0.25) is 0 Å². The predicted octanol–water partition coefficient (Wildman–Crippen LogP) is 3.29. The molecule has 106 valence electrons. The van der Waals surface area contributed by atoms with Gasteiger partial charge in [-0.3, -0.25) is 4.79 Å². The van der Waals surface area contributed by atoms with E-state index in [1.165, 1.54) is 5.56 Å². The van der Waals surface area contributed by atoms with Crippen molar-refractivity contribution in [2.24, 2.45) is 0 Å². The number of nitrogens with zero attached hydrogens (tertiary/aromatic N) is 1. The molecule has 4 heteroatoms. The van der Waals surface area contributed by atoms with Crippen molar-refractivity contribution in [3.8, 4) is 0 Å². The third-order valence-electron chi connectivity index (χ3n) is 3.03. The number of ether oxygens (including phenoxy) is 1. The molecule has 0 spiro atoms. The normalized spacial score (nSPS) is 10.8. The highest BCUT2D eigenvalue weighted by molar-refractivity contribution is 9.09. The fourth-order valence-electron chi connectivity index (χ4n) is 1.81. The van der Waals surface area contributed by atoms with Crippen molar-refractivity contribution >= 4 is 21.8 Å². The Hall–Kier alpha value is -0.870. The van der Waals surface area contributed by atoms with E-state index in [0.717, 1.165) is 10.9 Å². The van der Waals surface area contributed by atoms with Crippen molar-refractivity contribution < 1.29 is 9.53 Å². The summed E-state index contributed by atoms with van der Waals surface area (Å²) in [6.07, 6.45) is 0. The Labute approximate surface area is 124 Å². The smallest absolute Gasteiger partial charge is 0.253 e. The number of rotatable bonds is 7. The third kappa shape index (κ3) is 4.96. The highest BCUT2D eigenvalue weighted by Gasteiger charge is 2.14. The fourth-order valence-corrected chi connectivity index (χ4v) is 2.24. The van der Waals surface area contributed by atoms with Crippen LogP contribution in [0, 0.1) is 0 Å². The molecule has 0 saturated heterocycles. The van der Waals surface area contributed by atoms with Gasteiger partial charge in [-0.15, -0.1) is 0 Å². The van der Waals surface area contributed by atoms with E-state index in [0.29, 0.717) is 25.6 Å². The molecule has 3 nitrogen and oxygen atoms in total. The van der Waals surface area contributed by atoms with Gasteiger partial charge in [-0.1, -0.05) is 41.9 Å². The van der Waals surface area contributed by atoms with Crippen LogP contribution in [-0.2, 0) is 4.74 Å². The van der Waals surface area contributed by atoms with Crippen LogP contribution in [0.15, 0.2) is 24.3 Å². The number of hydrogen-bond donors (Lipinski definition) is 0. The summed E-state index contributed by atoms with van der Waals surface area (Å²) in [5.41, 5.74) is 1.99. The molecule has 0 saturated carbocycles. The number of halogens is 1. The summed E-state index contributed by atoms with van der Waals surface area (Å²) in [7, 11) is 1.65. The molecule has 0 atom stereocenters. The monoisotopic (exact) mass is 327 g/mol. The first kappa shape index (κ1) is 16.2. The zero-order chi connectivity index (χ0) is 14.3. The first-order valence-electron chi connectivity index (χ1n) is 6.54. The number of hydrogen-bond acceptors (Lipinski definition) is 2. The lowest BCUT2D eigenvalue weighted by Crippen LogP contribution is -2.35. The van der Waals surface area contributed by atoms with Crippen LogP contribution in [-0.4, -0.2) is 42.9 Å². The van der Waals surface area contributed by atoms with Crippen LogP contribution in [0.25, 0.3) is 0 Å². The first-order chi connectivity index (χ1) is 9.10. The highest BCUT2D eigenvalue weighted by Crippen LogP contribution is 2.15. The Morgan fingerprint density at radius 1 is 1.26 bits per heavy atom. The molecule has 1 aromatic rings. The maximum absolute atomic E-state index is 12.4. The Morgan fingerprint density at radius 3 is 2.37 bits per heavy atom. The maximum Gasteiger partial charge on any atom is 0.253 e. The predicted molar refractivity (Wildman–Crippen MR) is 82.1 cm³/mol. The topological polar surface area (TPSA) is 29.5 Å². The van der Waals surface area contributed by atoms with Gasteiger partial charge in [-0.25, -0.2) is 0 Å². The molecule has 0 aliphatic rings. The van der Waals surface area contributed by atoms with Crippen molar-refractivity contribution in [3.05, 3.63) is 35.4 Å². The zero-order valence-electron chi connectivity index (χ0n) is 11.9. The van der Waals surface area contributed by atoms with Crippen LogP contribution in [0.3, 0.4) is 0 Å². The van der Waals surface area contributed by atoms with Crippen molar-refractivity contribution in [2.75, 3.05) is 32.1 Å². The van der Waals surface area contributed by atoms with E-state index in [2.05, 4.69) is 29.8 Å². The Bertz CT molecular complexity index is 390. The summed E-state index contributed by atoms with van der Waals surface area (Å²) in [6, 6.07) is 7.87. The number of methoxy groups -OCH3 is 1. The molecule has 1 aromatic carbocycles. The summed E-state index contributed by atoms with van der Waals surface area (Å²) in [6.45, 7) is 6.16. The summed E-state index contributed by atoms with van der Waals surface area (Å²) in [5.74, 6) is 0.545. The largest absolute Gasteiger partial charge is 0.383 e. The number of carbonyl (C=O) groups is 1. The minimum absolute atomic E-state index is 0.0619. The van der Waals surface area contributed by atoms with E-state index in [4.69, 9.17) is 4.74 Å². The number of carbonyl (C=O) groups excluding carboxylic acids is 1. The number of benzene rings is 1. The van der Waals surface area contributed by atoms with Gasteiger partial charge in [0, 0.05) is 31.1 Å². The molecule has 19 heavy (non-hydrogen) atoms. The quantitative estimate of drug-likeness (QED) is 0.719. The minimum Gasteiger partial charge on any atom is -0.383 e. The average Bonchev–Trinajstić information content (AvgIpc) is 2.42. The van der Waals surface area contributed by atoms with E-state index in [-0.39, 0.29) is 5.91 Å². The van der Waals surface area contributed by atoms with Crippen LogP contribution >= 0.6 is 15.9 Å². The molecular formula is C15H22BrNO2. The van der Waals surface area contributed by atoms with Crippen LogP contribution < -0.4 is 0 Å². The van der Waals surface area contributed by atoms with Crippen molar-refractivity contribution in [3.63, 3.8) is 0 Å². The number of alkyl halides is 1. The van der Waals surface area contributed by atoms with E-state index in [1.54, 1.807) is 7.11 Å². The Balaban J connectivity index is 2.77. The fraction of sp³-hybridized carbons (Fsp3) is 0.533. The van der Waals surface area contributed by atoms with Gasteiger partial charge in [0.15, 0.2) is 0 Å². The van der Waals surface area contributed by atoms with Gasteiger partial charge in [0.1, 0.15) is 0 Å². The van der Waals surface area contributed by atoms with Gasteiger partial charge >= 0.3 is 0 Å². The van der Waals surface area contributed by atoms with E-state index >= 15 is 0 Å². The van der Waals surface area contributed by atoms with Crippen molar-refractivity contribution in [1.29, 1.82) is 0 Å². The van der Waals surface area contributed by atoms with Gasteiger partial charge < -0.3 is 9.64 Å². The summed E-state index contributed by atoms with van der Waals surface area (Å²) >= 11 is 3.38. The average molecular weight is 328 g/mol. The van der Waals surface area contributed by atoms with Crippen molar-refractivity contribution in [2.45, 2.75) is 19.8 Å². The molecule has 0 fully saturated rings. The second-order valence-corrected chi connectivity index (χ2v) is 5.54. The molecular weight excluding hydrogens is 306 g/mol. The summed E-state index contributed by atoms with van der Waals surface area (Å²) in [4.78, 5) is 14.2. The van der Waals surface area contributed by atoms with Crippen LogP contribution in [0.2, 0.25) is 0 Å². The van der Waals surface area contributed by atoms with E-state index in [9.17, 15) is 4.79 Å². The third-order valence-corrected chi connectivity index (χ3v) is 3.39. The second kappa shape index (κ2) is 8.33. The minimum atomic E-state index is 0.0619. The molecule has 0 aliphatic carbocycles. The van der Waals surface area contributed by atoms with E-state index < -0.39 is 0 Å². The number of amides is 1. The molecule has 0 unspecified atom stereocenters. The lowest BCUT2D eigenvalue weighted by molar-refractivity contribution is 0.0709. The molecule has 0 radical (unpaired) electrons. The maximum atomic E-state index is 12.4. The molecule has 1 amide bonds. The van der Waals surface area contributed by atoms with Gasteiger partial charge in [-0.05, 0) is 23.6 Å². The van der Waals surface area contributed by atoms with Crippen LogP contribution in [0.4, 0.5) is 0 Å². The molecule has 0 bridgehead atoms. The summed E-state index contributed by atoms with van der Waals surface area (Å²) < 4.78 is 5.05. The molecule has 0 heterocycles. The summed E-state index contributed by atoms with van der Waals surface area (Å²) in [5, 5.41) is 0.770. The Kier molecular flexibility index (Phi) is 7.10. The molecule has 0 N–H and O–H groups in total. The van der Waals surface area contributed by atoms with Crippen LogP contribution in [0.1, 0.15) is 35.7 Å². The molecule has 1 rings (SSSR count). The van der Waals surface area contributed by atoms with Crippen molar-refractivity contribution in [1.82, 2.24) is 4.90 Å². The standard InChI is InChI=1S/C15H22BrNO2/c1-12(2)13-4-6-14(7-5-13)15(18)17(9-8-16)10-11-19-3/h4-7,12H,8-11H2,1-3H3. The Morgan fingerprint density at radius 2 is 1.89 bits per heavy atom. The van der Waals surface area contributed by atoms with E-state index in [1.807, 2.05) is 29.2 Å². The molecule has 0 aliphatic heterocycles. The lowest BCUT2D eigenvalue weighted by Gasteiger charge is -2.21. The van der Waals surface area contributed by atoms with Gasteiger partial charge in [0.25, 0.3) is 5.91 Å². The SMILES string of the molecule is COCCN(CCBr)C(=O)c1ccc(C(C)C)cc1. The van der Waals surface area contributed by atoms with Gasteiger partial charge in [0.05, 0.1) is 6.61 Å². The van der Waals surface area contributed by atoms with Crippen LogP contribution in [0.5, 0.6) is 0 Å². The highest BCUT2D eigenvalue weighted by atomic mass is 79.9.